The van der Waals surface area contributed by atoms with Gasteiger partial charge in [-0.1, -0.05) is 63.6 Å². The average Bonchev–Trinajstić information content (AvgIpc) is 3.00. The Morgan fingerprint density at radius 1 is 0.682 bits per heavy atom. The highest BCUT2D eigenvalue weighted by atomic mass is 19.3. The van der Waals surface area contributed by atoms with Crippen molar-refractivity contribution in [2.24, 2.45) is 17.8 Å². The summed E-state index contributed by atoms with van der Waals surface area (Å²) in [6.07, 6.45) is 10.6. The van der Waals surface area contributed by atoms with Crippen LogP contribution in [-0.4, -0.2) is 0 Å². The lowest BCUT2D eigenvalue weighted by molar-refractivity contribution is -0.187. The van der Waals surface area contributed by atoms with Gasteiger partial charge in [0.05, 0.1) is 5.56 Å². The van der Waals surface area contributed by atoms with Gasteiger partial charge in [-0.3, -0.25) is 0 Å². The molecule has 3 aromatic carbocycles. The summed E-state index contributed by atoms with van der Waals surface area (Å²) in [6.45, 7) is 2.25. The number of benzene rings is 3. The number of rotatable bonds is 10. The van der Waals surface area contributed by atoms with E-state index >= 15 is 4.39 Å². The maximum atomic E-state index is 15.3. The summed E-state index contributed by atoms with van der Waals surface area (Å²) < 4.78 is 104. The monoisotopic (exact) mass is 620 g/mol. The van der Waals surface area contributed by atoms with Crippen molar-refractivity contribution in [2.45, 2.75) is 96.0 Å². The third-order valence-corrected chi connectivity index (χ3v) is 9.81. The minimum Gasteiger partial charge on any atom is -0.429 e. The molecule has 8 heteroatoms. The van der Waals surface area contributed by atoms with Crippen LogP contribution < -0.4 is 4.74 Å². The first-order valence-electron chi connectivity index (χ1n) is 15.9. The Morgan fingerprint density at radius 3 is 1.91 bits per heavy atom. The maximum Gasteiger partial charge on any atom is 0.429 e. The van der Waals surface area contributed by atoms with Gasteiger partial charge in [-0.2, -0.15) is 8.78 Å². The maximum absolute atomic E-state index is 15.3. The highest BCUT2D eigenvalue weighted by molar-refractivity contribution is 5.65. The van der Waals surface area contributed by atoms with Crippen molar-refractivity contribution in [1.82, 2.24) is 0 Å². The molecule has 2 aliphatic carbocycles. The van der Waals surface area contributed by atoms with E-state index in [0.29, 0.717) is 0 Å². The number of hydrogen-bond acceptors (Lipinski definition) is 1. The number of alkyl halides is 2. The molecule has 0 aromatic heterocycles. The van der Waals surface area contributed by atoms with Gasteiger partial charge < -0.3 is 4.74 Å². The molecule has 0 saturated heterocycles. The second-order valence-electron chi connectivity index (χ2n) is 12.6. The molecule has 3 aromatic rings. The van der Waals surface area contributed by atoms with Crippen LogP contribution in [0, 0.1) is 46.8 Å². The first kappa shape index (κ1) is 32.4. The van der Waals surface area contributed by atoms with Gasteiger partial charge >= 0.3 is 6.11 Å². The van der Waals surface area contributed by atoms with Crippen LogP contribution >= 0.6 is 0 Å². The summed E-state index contributed by atoms with van der Waals surface area (Å²) in [7, 11) is 0. The van der Waals surface area contributed by atoms with Crippen LogP contribution in [0.3, 0.4) is 0 Å². The molecule has 0 unspecified atom stereocenters. The predicted octanol–water partition coefficient (Wildman–Crippen LogP) is 11.8. The van der Waals surface area contributed by atoms with Gasteiger partial charge in [0.2, 0.25) is 0 Å². The van der Waals surface area contributed by atoms with Gasteiger partial charge in [0.15, 0.2) is 17.5 Å². The number of halogens is 7. The van der Waals surface area contributed by atoms with E-state index in [1.54, 1.807) is 6.07 Å². The average molecular weight is 621 g/mol. The summed E-state index contributed by atoms with van der Waals surface area (Å²) in [4.78, 5) is 0. The molecule has 0 heterocycles. The lowest BCUT2D eigenvalue weighted by atomic mass is 9.68. The molecule has 2 saturated carbocycles. The molecule has 0 aliphatic heterocycles. The molecule has 5 rings (SSSR count). The minimum absolute atomic E-state index is 0.0546. The second-order valence-corrected chi connectivity index (χ2v) is 12.6. The Balaban J connectivity index is 1.19. The molecule has 238 valence electrons. The Labute approximate surface area is 254 Å². The first-order chi connectivity index (χ1) is 21.1. The van der Waals surface area contributed by atoms with Crippen LogP contribution in [0.4, 0.5) is 30.7 Å². The quantitative estimate of drug-likeness (QED) is 0.124. The first-order valence-corrected chi connectivity index (χ1v) is 15.9. The van der Waals surface area contributed by atoms with Crippen LogP contribution in [0.5, 0.6) is 5.75 Å². The molecule has 0 atom stereocenters. The molecule has 0 radical (unpaired) electrons. The molecular formula is C36H39F7O. The van der Waals surface area contributed by atoms with Crippen molar-refractivity contribution in [1.29, 1.82) is 0 Å². The van der Waals surface area contributed by atoms with Crippen molar-refractivity contribution in [3.05, 3.63) is 88.7 Å². The fourth-order valence-electron chi connectivity index (χ4n) is 7.29. The third-order valence-electron chi connectivity index (χ3n) is 9.81. The number of ether oxygens (including phenoxy) is 1. The molecule has 44 heavy (non-hydrogen) atoms. The molecule has 0 amide bonds. The SMILES string of the molecule is CCCCCC1CCC(C2CCC(c3ccc(-c4ccc(C(F)(F)Oc5cc(F)c(F)c(F)c5)c(F)c4)c(F)c3)CC2)CC1. The van der Waals surface area contributed by atoms with E-state index in [0.717, 1.165) is 67.2 Å². The van der Waals surface area contributed by atoms with Gasteiger partial charge in [-0.25, -0.2) is 22.0 Å². The zero-order chi connectivity index (χ0) is 31.4. The van der Waals surface area contributed by atoms with Crippen molar-refractivity contribution in [3.8, 4) is 16.9 Å². The number of hydrogen-bond donors (Lipinski definition) is 0. The second kappa shape index (κ2) is 13.9. The van der Waals surface area contributed by atoms with Gasteiger partial charge in [0.25, 0.3) is 0 Å². The fourth-order valence-corrected chi connectivity index (χ4v) is 7.29. The zero-order valence-electron chi connectivity index (χ0n) is 25.0. The molecule has 0 N–H and O–H groups in total. The Kier molecular flexibility index (Phi) is 10.3. The van der Waals surface area contributed by atoms with Crippen molar-refractivity contribution in [2.75, 3.05) is 0 Å². The lowest BCUT2D eigenvalue weighted by Gasteiger charge is -2.38. The van der Waals surface area contributed by atoms with E-state index in [1.165, 1.54) is 57.4 Å². The highest BCUT2D eigenvalue weighted by Crippen LogP contribution is 2.45. The van der Waals surface area contributed by atoms with Gasteiger partial charge in [-0.15, -0.1) is 0 Å². The Bertz CT molecular complexity index is 1400. The normalized spacial score (nSPS) is 22.6. The summed E-state index contributed by atoms with van der Waals surface area (Å²) in [5.74, 6) is -5.62. The van der Waals surface area contributed by atoms with Gasteiger partial charge in [0, 0.05) is 17.7 Å². The van der Waals surface area contributed by atoms with Crippen LogP contribution in [0.2, 0.25) is 0 Å². The molecule has 2 aliphatic rings. The van der Waals surface area contributed by atoms with Crippen molar-refractivity contribution in [3.63, 3.8) is 0 Å². The lowest BCUT2D eigenvalue weighted by Crippen LogP contribution is -2.25. The summed E-state index contributed by atoms with van der Waals surface area (Å²) in [5, 5.41) is 0. The van der Waals surface area contributed by atoms with Crippen LogP contribution in [0.25, 0.3) is 11.1 Å². The molecule has 2 fully saturated rings. The zero-order valence-corrected chi connectivity index (χ0v) is 25.0. The van der Waals surface area contributed by atoms with Crippen LogP contribution in [0.15, 0.2) is 48.5 Å². The standard InChI is InChI=1S/C36H39F7O/c1-2-3-4-5-22-6-8-23(9-7-22)24-10-12-25(13-11-24)26-14-16-29(31(37)18-26)27-15-17-30(32(38)19-27)36(42,43)44-28-20-33(39)35(41)34(40)21-28/h14-25H,2-13H2,1H3. The van der Waals surface area contributed by atoms with Crippen molar-refractivity contribution >= 4 is 0 Å². The van der Waals surface area contributed by atoms with E-state index in [1.807, 2.05) is 6.07 Å². The topological polar surface area (TPSA) is 9.23 Å². The van der Waals surface area contributed by atoms with Crippen LogP contribution in [-0.2, 0) is 6.11 Å². The largest absolute Gasteiger partial charge is 0.429 e. The predicted molar refractivity (Wildman–Crippen MR) is 157 cm³/mol. The van der Waals surface area contributed by atoms with Gasteiger partial charge in [-0.05, 0) is 91.5 Å². The Hall–Kier alpha value is -3.03. The molecular weight excluding hydrogens is 581 g/mol. The molecule has 1 nitrogen and oxygen atoms in total. The van der Waals surface area contributed by atoms with Crippen molar-refractivity contribution < 1.29 is 35.5 Å². The molecule has 0 spiro atoms. The van der Waals surface area contributed by atoms with Gasteiger partial charge in [0.1, 0.15) is 17.4 Å². The van der Waals surface area contributed by atoms with E-state index in [2.05, 4.69) is 11.7 Å². The van der Waals surface area contributed by atoms with Crippen LogP contribution in [0.1, 0.15) is 101 Å². The van der Waals surface area contributed by atoms with E-state index < -0.39 is 46.5 Å². The van der Waals surface area contributed by atoms with E-state index in [9.17, 15) is 26.3 Å². The van der Waals surface area contributed by atoms with E-state index in [-0.39, 0.29) is 29.2 Å². The summed E-state index contributed by atoms with van der Waals surface area (Å²) in [5.41, 5.74) is -0.209. The van der Waals surface area contributed by atoms with E-state index in [4.69, 9.17) is 0 Å². The highest BCUT2D eigenvalue weighted by Gasteiger charge is 2.38. The Morgan fingerprint density at radius 2 is 1.32 bits per heavy atom. The smallest absolute Gasteiger partial charge is 0.429 e. The summed E-state index contributed by atoms with van der Waals surface area (Å²) >= 11 is 0. The third kappa shape index (κ3) is 7.43. The number of unbranched alkanes of at least 4 members (excludes halogenated alkanes) is 2. The minimum atomic E-state index is -4.34. The molecule has 0 bridgehead atoms. The fraction of sp³-hybridized carbons (Fsp3) is 0.500. The summed E-state index contributed by atoms with van der Waals surface area (Å²) in [6, 6.07) is 7.93.